The third-order valence-electron chi connectivity index (χ3n) is 4.78. The van der Waals surface area contributed by atoms with Gasteiger partial charge in [0.1, 0.15) is 0 Å². The molecule has 0 saturated heterocycles. The van der Waals surface area contributed by atoms with Crippen molar-refractivity contribution >= 4 is 22.9 Å². The van der Waals surface area contributed by atoms with E-state index >= 15 is 0 Å². The second-order valence-electron chi connectivity index (χ2n) is 7.72. The smallest absolute Gasteiger partial charge is 0.0412 e. The molecule has 134 valence electrons. The summed E-state index contributed by atoms with van der Waals surface area (Å²) in [5.41, 5.74) is 7.37. The minimum absolute atomic E-state index is 0.0900. The first-order chi connectivity index (χ1) is 12.3. The zero-order valence-corrected chi connectivity index (χ0v) is 16.9. The lowest BCUT2D eigenvalue weighted by molar-refractivity contribution is 0.621. The van der Waals surface area contributed by atoms with Crippen molar-refractivity contribution in [2.45, 2.75) is 20.8 Å². The molecule has 0 N–H and O–H groups in total. The van der Waals surface area contributed by atoms with Gasteiger partial charge in [-0.3, -0.25) is 0 Å². The maximum absolute atomic E-state index is 6.30. The molecule has 1 aliphatic carbocycles. The molecule has 26 heavy (non-hydrogen) atoms. The second kappa shape index (κ2) is 7.17. The maximum Gasteiger partial charge on any atom is 0.0412 e. The van der Waals surface area contributed by atoms with Crippen LogP contribution in [-0.2, 0) is 0 Å². The van der Waals surface area contributed by atoms with Crippen LogP contribution in [0.25, 0.3) is 5.57 Å². The summed E-state index contributed by atoms with van der Waals surface area (Å²) in [5, 5.41) is 0.757. The molecule has 0 saturated carbocycles. The summed E-state index contributed by atoms with van der Waals surface area (Å²) in [5.74, 6) is 0. The van der Waals surface area contributed by atoms with Gasteiger partial charge in [0.15, 0.2) is 0 Å². The molecule has 0 heterocycles. The number of aryl methyl sites for hydroxylation is 1. The van der Waals surface area contributed by atoms with Gasteiger partial charge in [-0.2, -0.15) is 0 Å². The predicted molar refractivity (Wildman–Crippen MR) is 115 cm³/mol. The van der Waals surface area contributed by atoms with Crippen LogP contribution in [0.3, 0.4) is 0 Å². The molecular weight excluding hydrogens is 338 g/mol. The average Bonchev–Trinajstić information content (AvgIpc) is 2.58. The van der Waals surface area contributed by atoms with Crippen LogP contribution in [-0.4, -0.2) is 14.1 Å². The van der Waals surface area contributed by atoms with Crippen LogP contribution < -0.4 is 4.90 Å². The van der Waals surface area contributed by atoms with Gasteiger partial charge in [0.05, 0.1) is 0 Å². The fraction of sp³-hybridized carbons (Fsp3) is 0.250. The molecule has 0 unspecified atom stereocenters. The van der Waals surface area contributed by atoms with E-state index in [0.29, 0.717) is 0 Å². The van der Waals surface area contributed by atoms with Gasteiger partial charge in [0.25, 0.3) is 0 Å². The van der Waals surface area contributed by atoms with Crippen molar-refractivity contribution in [3.05, 3.63) is 94.1 Å². The minimum atomic E-state index is 0.0900. The van der Waals surface area contributed by atoms with Gasteiger partial charge in [-0.05, 0) is 59.0 Å². The number of allylic oxidation sites excluding steroid dienone is 5. The lowest BCUT2D eigenvalue weighted by atomic mass is 9.83. The van der Waals surface area contributed by atoms with Crippen molar-refractivity contribution in [2.24, 2.45) is 5.41 Å². The summed E-state index contributed by atoms with van der Waals surface area (Å²) in [6.07, 6.45) is 8.98. The highest BCUT2D eigenvalue weighted by Gasteiger charge is 2.18. The fourth-order valence-corrected chi connectivity index (χ4v) is 3.41. The van der Waals surface area contributed by atoms with Crippen molar-refractivity contribution in [1.29, 1.82) is 0 Å². The normalized spacial score (nSPS) is 15.2. The Bertz CT molecular complexity index is 896. The predicted octanol–water partition coefficient (Wildman–Crippen LogP) is 6.67. The Kier molecular flexibility index (Phi) is 5.11. The molecule has 0 amide bonds. The number of halogens is 1. The topological polar surface area (TPSA) is 3.24 Å². The molecular formula is C24H26ClN. The molecule has 3 rings (SSSR count). The Labute approximate surface area is 162 Å². The van der Waals surface area contributed by atoms with Gasteiger partial charge in [0, 0.05) is 30.2 Å². The lowest BCUT2D eigenvalue weighted by Gasteiger charge is -2.22. The van der Waals surface area contributed by atoms with Crippen LogP contribution in [0.2, 0.25) is 5.02 Å². The van der Waals surface area contributed by atoms with E-state index in [-0.39, 0.29) is 5.41 Å². The van der Waals surface area contributed by atoms with Gasteiger partial charge in [-0.15, -0.1) is 0 Å². The van der Waals surface area contributed by atoms with Crippen LogP contribution in [0.5, 0.6) is 0 Å². The Hall–Kier alpha value is -2.25. The highest BCUT2D eigenvalue weighted by Crippen LogP contribution is 2.36. The Morgan fingerprint density at radius 2 is 1.65 bits per heavy atom. The van der Waals surface area contributed by atoms with Crippen LogP contribution in [0.15, 0.2) is 72.3 Å². The molecule has 2 heteroatoms. The standard InChI is InChI=1S/C24H26ClN/c1-17-15-21(26(4)5)9-10-22(17)23(19-7-6-8-20(25)16-19)18-11-13-24(2,3)14-12-18/h6-16H,1-5H3. The SMILES string of the molecule is Cc1cc(N(C)C)ccc1C(=C1C=CC(C)(C)C=C1)c1cccc(Cl)c1. The van der Waals surface area contributed by atoms with Crippen molar-refractivity contribution in [1.82, 2.24) is 0 Å². The first-order valence-corrected chi connectivity index (χ1v) is 9.32. The third kappa shape index (κ3) is 3.94. The molecule has 0 spiro atoms. The number of hydrogen-bond acceptors (Lipinski definition) is 1. The summed E-state index contributed by atoms with van der Waals surface area (Å²) < 4.78 is 0. The molecule has 2 aromatic rings. The average molecular weight is 364 g/mol. The summed E-state index contributed by atoms with van der Waals surface area (Å²) in [7, 11) is 4.14. The minimum Gasteiger partial charge on any atom is -0.378 e. The highest BCUT2D eigenvalue weighted by atomic mass is 35.5. The highest BCUT2D eigenvalue weighted by molar-refractivity contribution is 6.30. The molecule has 1 nitrogen and oxygen atoms in total. The van der Waals surface area contributed by atoms with Crippen molar-refractivity contribution in [2.75, 3.05) is 19.0 Å². The Balaban J connectivity index is 2.22. The summed E-state index contributed by atoms with van der Waals surface area (Å²) in [6.45, 7) is 6.60. The maximum atomic E-state index is 6.30. The van der Waals surface area contributed by atoms with Crippen LogP contribution >= 0.6 is 11.6 Å². The van der Waals surface area contributed by atoms with E-state index in [0.717, 1.165) is 10.6 Å². The van der Waals surface area contributed by atoms with Gasteiger partial charge in [-0.25, -0.2) is 0 Å². The molecule has 0 aromatic heterocycles. The zero-order valence-electron chi connectivity index (χ0n) is 16.2. The number of rotatable bonds is 3. The molecule has 1 aliphatic rings. The first-order valence-electron chi connectivity index (χ1n) is 8.94. The van der Waals surface area contributed by atoms with E-state index in [4.69, 9.17) is 11.6 Å². The lowest BCUT2D eigenvalue weighted by Crippen LogP contribution is -2.09. The summed E-state index contributed by atoms with van der Waals surface area (Å²) in [6, 6.07) is 14.7. The van der Waals surface area contributed by atoms with E-state index in [1.54, 1.807) is 0 Å². The van der Waals surface area contributed by atoms with Crippen molar-refractivity contribution in [3.63, 3.8) is 0 Å². The van der Waals surface area contributed by atoms with Gasteiger partial charge in [0.2, 0.25) is 0 Å². The number of nitrogens with zero attached hydrogens (tertiary/aromatic N) is 1. The van der Waals surface area contributed by atoms with E-state index in [1.165, 1.54) is 28.0 Å². The fourth-order valence-electron chi connectivity index (χ4n) is 3.22. The third-order valence-corrected chi connectivity index (χ3v) is 5.02. The largest absolute Gasteiger partial charge is 0.378 e. The summed E-state index contributed by atoms with van der Waals surface area (Å²) >= 11 is 6.30. The van der Waals surface area contributed by atoms with Crippen molar-refractivity contribution < 1.29 is 0 Å². The Morgan fingerprint density at radius 1 is 0.962 bits per heavy atom. The molecule has 0 bridgehead atoms. The second-order valence-corrected chi connectivity index (χ2v) is 8.16. The molecule has 0 aliphatic heterocycles. The van der Waals surface area contributed by atoms with Crippen LogP contribution in [0.4, 0.5) is 5.69 Å². The van der Waals surface area contributed by atoms with E-state index in [2.05, 4.69) is 88.3 Å². The van der Waals surface area contributed by atoms with Crippen LogP contribution in [0, 0.1) is 12.3 Å². The molecule has 0 atom stereocenters. The van der Waals surface area contributed by atoms with Crippen LogP contribution in [0.1, 0.15) is 30.5 Å². The van der Waals surface area contributed by atoms with E-state index in [9.17, 15) is 0 Å². The summed E-state index contributed by atoms with van der Waals surface area (Å²) in [4.78, 5) is 2.13. The molecule has 0 radical (unpaired) electrons. The van der Waals surface area contributed by atoms with Gasteiger partial charge in [-0.1, -0.05) is 68.0 Å². The zero-order chi connectivity index (χ0) is 18.9. The van der Waals surface area contributed by atoms with E-state index in [1.807, 2.05) is 18.2 Å². The molecule has 0 fully saturated rings. The van der Waals surface area contributed by atoms with Gasteiger partial charge >= 0.3 is 0 Å². The quantitative estimate of drug-likeness (QED) is 0.588. The van der Waals surface area contributed by atoms with Crippen molar-refractivity contribution in [3.8, 4) is 0 Å². The molecule has 2 aromatic carbocycles. The Morgan fingerprint density at radius 3 is 2.23 bits per heavy atom. The first kappa shape index (κ1) is 18.5. The number of hydrogen-bond donors (Lipinski definition) is 0. The number of benzene rings is 2. The monoisotopic (exact) mass is 363 g/mol. The number of anilines is 1. The van der Waals surface area contributed by atoms with Gasteiger partial charge < -0.3 is 4.90 Å². The van der Waals surface area contributed by atoms with E-state index < -0.39 is 0 Å².